The maximum absolute atomic E-state index is 12.4. The van der Waals surface area contributed by atoms with Crippen molar-refractivity contribution in [3.8, 4) is 0 Å². The molecule has 24 heavy (non-hydrogen) atoms. The summed E-state index contributed by atoms with van der Waals surface area (Å²) in [5, 5.41) is 2.67. The van der Waals surface area contributed by atoms with E-state index in [0.717, 1.165) is 11.1 Å². The molecule has 0 atom stereocenters. The molecule has 0 spiro atoms. The van der Waals surface area contributed by atoms with Crippen LogP contribution in [-0.2, 0) is 14.8 Å². The summed E-state index contributed by atoms with van der Waals surface area (Å²) >= 11 is 0. The summed E-state index contributed by atoms with van der Waals surface area (Å²) in [5.41, 5.74) is 2.51. The Morgan fingerprint density at radius 1 is 1.12 bits per heavy atom. The molecule has 0 bridgehead atoms. The van der Waals surface area contributed by atoms with Gasteiger partial charge >= 0.3 is 0 Å². The molecule has 0 saturated heterocycles. The minimum Gasteiger partial charge on any atom is -0.324 e. The molecule has 1 aliphatic heterocycles. The van der Waals surface area contributed by atoms with Crippen molar-refractivity contribution in [2.24, 2.45) is 0 Å². The zero-order chi connectivity index (χ0) is 17.5. The van der Waals surface area contributed by atoms with Gasteiger partial charge in [0.2, 0.25) is 5.91 Å². The van der Waals surface area contributed by atoms with Gasteiger partial charge < -0.3 is 5.32 Å². The van der Waals surface area contributed by atoms with E-state index >= 15 is 0 Å². The Morgan fingerprint density at radius 3 is 2.54 bits per heavy atom. The van der Waals surface area contributed by atoms with Crippen LogP contribution in [0.4, 0.5) is 5.69 Å². The average molecular weight is 344 g/mol. The Labute approximate surface area is 140 Å². The van der Waals surface area contributed by atoms with Crippen LogP contribution in [0.15, 0.2) is 47.4 Å². The lowest BCUT2D eigenvalue weighted by atomic mass is 10.1. The highest BCUT2D eigenvalue weighted by Crippen LogP contribution is 2.29. The van der Waals surface area contributed by atoms with Crippen LogP contribution in [0.5, 0.6) is 0 Å². The smallest absolute Gasteiger partial charge is 0.269 e. The monoisotopic (exact) mass is 344 g/mol. The second-order valence-electron chi connectivity index (χ2n) is 5.68. The van der Waals surface area contributed by atoms with Gasteiger partial charge in [0.05, 0.1) is 5.56 Å². The molecule has 3 rings (SSSR count). The van der Waals surface area contributed by atoms with Crippen LogP contribution in [0.1, 0.15) is 21.5 Å². The highest BCUT2D eigenvalue weighted by molar-refractivity contribution is 7.90. The minimum absolute atomic E-state index is 0.0606. The second kappa shape index (κ2) is 5.76. The van der Waals surface area contributed by atoms with Crippen molar-refractivity contribution in [3.63, 3.8) is 0 Å². The third-order valence-electron chi connectivity index (χ3n) is 3.87. The lowest BCUT2D eigenvalue weighted by molar-refractivity contribution is -0.116. The van der Waals surface area contributed by atoms with Crippen molar-refractivity contribution in [3.05, 3.63) is 59.2 Å². The van der Waals surface area contributed by atoms with Gasteiger partial charge in [0.15, 0.2) is 0 Å². The van der Waals surface area contributed by atoms with Gasteiger partial charge in [0, 0.05) is 5.69 Å². The summed E-state index contributed by atoms with van der Waals surface area (Å²) in [7, 11) is -3.98. The molecule has 0 unspecified atom stereocenters. The number of nitrogens with zero attached hydrogens (tertiary/aromatic N) is 1. The first kappa shape index (κ1) is 16.2. The van der Waals surface area contributed by atoms with E-state index in [1.54, 1.807) is 18.2 Å². The predicted molar refractivity (Wildman–Crippen MR) is 89.2 cm³/mol. The lowest BCUT2D eigenvalue weighted by Gasteiger charge is -2.15. The van der Waals surface area contributed by atoms with Gasteiger partial charge in [-0.1, -0.05) is 24.3 Å². The van der Waals surface area contributed by atoms with E-state index in [1.165, 1.54) is 12.1 Å². The Balaban J connectivity index is 1.83. The van der Waals surface area contributed by atoms with Crippen LogP contribution < -0.4 is 5.32 Å². The van der Waals surface area contributed by atoms with Crippen molar-refractivity contribution in [1.82, 2.24) is 4.31 Å². The largest absolute Gasteiger partial charge is 0.324 e. The molecule has 124 valence electrons. The molecule has 2 aromatic rings. The zero-order valence-corrected chi connectivity index (χ0v) is 14.1. The number of fused-ring (bicyclic) bond motifs is 1. The van der Waals surface area contributed by atoms with Gasteiger partial charge in [-0.05, 0) is 43.2 Å². The lowest BCUT2D eigenvalue weighted by Crippen LogP contribution is -2.37. The van der Waals surface area contributed by atoms with E-state index in [1.807, 2.05) is 26.0 Å². The number of benzene rings is 2. The molecule has 1 aliphatic rings. The fourth-order valence-electron chi connectivity index (χ4n) is 2.58. The number of hydrogen-bond acceptors (Lipinski definition) is 4. The zero-order valence-electron chi connectivity index (χ0n) is 13.2. The third-order valence-corrected chi connectivity index (χ3v) is 5.65. The van der Waals surface area contributed by atoms with Crippen LogP contribution in [0, 0.1) is 13.8 Å². The Kier molecular flexibility index (Phi) is 3.88. The fraction of sp³-hybridized carbons (Fsp3) is 0.176. The summed E-state index contributed by atoms with van der Waals surface area (Å²) in [6.45, 7) is 3.17. The van der Waals surface area contributed by atoms with E-state index in [9.17, 15) is 18.0 Å². The molecule has 1 N–H and O–H groups in total. The molecule has 1 heterocycles. The van der Waals surface area contributed by atoms with Crippen molar-refractivity contribution in [1.29, 1.82) is 0 Å². The quantitative estimate of drug-likeness (QED) is 0.924. The SMILES string of the molecule is Cc1ccc(C)c(NC(=O)CN2C(=O)c3ccccc3S2(=O)=O)c1. The van der Waals surface area contributed by atoms with E-state index < -0.39 is 28.4 Å². The second-order valence-corrected chi connectivity index (χ2v) is 7.51. The molecule has 2 amide bonds. The first-order valence-electron chi connectivity index (χ1n) is 7.34. The molecule has 0 saturated carbocycles. The predicted octanol–water partition coefficient (Wildman–Crippen LogP) is 2.09. The number of anilines is 1. The van der Waals surface area contributed by atoms with Crippen molar-refractivity contribution >= 4 is 27.5 Å². The van der Waals surface area contributed by atoms with Crippen molar-refractivity contribution in [2.45, 2.75) is 18.7 Å². The average Bonchev–Trinajstić information content (AvgIpc) is 2.72. The molecule has 2 aromatic carbocycles. The molecule has 0 aliphatic carbocycles. The Hall–Kier alpha value is -2.67. The summed E-state index contributed by atoms with van der Waals surface area (Å²) in [6, 6.07) is 11.5. The number of aryl methyl sites for hydroxylation is 2. The van der Waals surface area contributed by atoms with Crippen LogP contribution >= 0.6 is 0 Å². The normalized spacial score (nSPS) is 15.2. The minimum atomic E-state index is -3.98. The van der Waals surface area contributed by atoms with Gasteiger partial charge in [0.1, 0.15) is 11.4 Å². The molecule has 0 fully saturated rings. The molecule has 6 nitrogen and oxygen atoms in total. The topological polar surface area (TPSA) is 83.6 Å². The van der Waals surface area contributed by atoms with E-state index in [0.29, 0.717) is 9.99 Å². The van der Waals surface area contributed by atoms with Gasteiger partial charge in [-0.3, -0.25) is 9.59 Å². The number of rotatable bonds is 3. The molecular weight excluding hydrogens is 328 g/mol. The van der Waals surface area contributed by atoms with Crippen molar-refractivity contribution < 1.29 is 18.0 Å². The maximum Gasteiger partial charge on any atom is 0.269 e. The number of carbonyl (C=O) groups is 2. The molecular formula is C17H16N2O4S. The number of carbonyl (C=O) groups excluding carboxylic acids is 2. The fourth-order valence-corrected chi connectivity index (χ4v) is 4.10. The number of amides is 2. The number of hydrogen-bond donors (Lipinski definition) is 1. The summed E-state index contributed by atoms with van der Waals surface area (Å²) < 4.78 is 25.5. The number of nitrogens with one attached hydrogen (secondary N) is 1. The molecule has 7 heteroatoms. The summed E-state index contributed by atoms with van der Waals surface area (Å²) in [6.07, 6.45) is 0. The molecule has 0 aromatic heterocycles. The third kappa shape index (κ3) is 2.67. The summed E-state index contributed by atoms with van der Waals surface area (Å²) in [5.74, 6) is -1.24. The van der Waals surface area contributed by atoms with Crippen LogP contribution in [0.2, 0.25) is 0 Å². The highest BCUT2D eigenvalue weighted by Gasteiger charge is 2.41. The van der Waals surface area contributed by atoms with Crippen molar-refractivity contribution in [2.75, 3.05) is 11.9 Å². The highest BCUT2D eigenvalue weighted by atomic mass is 32.2. The van der Waals surface area contributed by atoms with Gasteiger partial charge in [-0.2, -0.15) is 0 Å². The van der Waals surface area contributed by atoms with Crippen LogP contribution in [-0.4, -0.2) is 31.1 Å². The maximum atomic E-state index is 12.4. The number of sulfonamides is 1. The summed E-state index contributed by atoms with van der Waals surface area (Å²) in [4.78, 5) is 24.5. The molecule has 0 radical (unpaired) electrons. The van der Waals surface area contributed by atoms with Gasteiger partial charge in [-0.25, -0.2) is 12.7 Å². The first-order chi connectivity index (χ1) is 11.3. The first-order valence-corrected chi connectivity index (χ1v) is 8.78. The Bertz CT molecular complexity index is 951. The standard InChI is InChI=1S/C17H16N2O4S/c1-11-7-8-12(2)14(9-11)18-16(20)10-19-17(21)13-5-3-4-6-15(13)24(19,22)23/h3-9H,10H2,1-2H3,(H,18,20). The van der Waals surface area contributed by atoms with Crippen LogP contribution in [0.3, 0.4) is 0 Å². The van der Waals surface area contributed by atoms with E-state index in [-0.39, 0.29) is 10.5 Å². The van der Waals surface area contributed by atoms with Gasteiger partial charge in [0.25, 0.3) is 15.9 Å². The Morgan fingerprint density at radius 2 is 1.83 bits per heavy atom. The van der Waals surface area contributed by atoms with Crippen LogP contribution in [0.25, 0.3) is 0 Å². The van der Waals surface area contributed by atoms with Gasteiger partial charge in [-0.15, -0.1) is 0 Å². The van der Waals surface area contributed by atoms with E-state index in [4.69, 9.17) is 0 Å². The van der Waals surface area contributed by atoms with E-state index in [2.05, 4.69) is 5.32 Å².